The van der Waals surface area contributed by atoms with E-state index in [1.807, 2.05) is 18.3 Å². The Bertz CT molecular complexity index is 858. The molecule has 140 valence electrons. The maximum atomic E-state index is 13.0. The molecule has 1 unspecified atom stereocenters. The number of anilines is 1. The van der Waals surface area contributed by atoms with Gasteiger partial charge in [0.15, 0.2) is 0 Å². The highest BCUT2D eigenvalue weighted by Gasteiger charge is 2.31. The molecule has 8 heteroatoms. The van der Waals surface area contributed by atoms with Crippen molar-refractivity contribution in [3.63, 3.8) is 0 Å². The van der Waals surface area contributed by atoms with E-state index < -0.39 is 4.92 Å². The van der Waals surface area contributed by atoms with Crippen LogP contribution in [0.4, 0.5) is 11.4 Å². The Hall–Kier alpha value is -2.84. The van der Waals surface area contributed by atoms with Gasteiger partial charge in [-0.1, -0.05) is 12.1 Å². The molecule has 2 aromatic rings. The molecule has 0 aliphatic carbocycles. The highest BCUT2D eigenvalue weighted by molar-refractivity contribution is 5.97. The number of hydrogen-bond acceptors (Lipinski definition) is 6. The van der Waals surface area contributed by atoms with Gasteiger partial charge in [0, 0.05) is 56.7 Å². The first-order chi connectivity index (χ1) is 13.1. The summed E-state index contributed by atoms with van der Waals surface area (Å²) in [6, 6.07) is 8.78. The second-order valence-electron chi connectivity index (χ2n) is 6.84. The van der Waals surface area contributed by atoms with Gasteiger partial charge in [-0.15, -0.1) is 0 Å². The fourth-order valence-electron chi connectivity index (χ4n) is 3.84. The Labute approximate surface area is 157 Å². The summed E-state index contributed by atoms with van der Waals surface area (Å²) in [7, 11) is 0. The molecule has 2 aliphatic heterocycles. The lowest BCUT2D eigenvalue weighted by Gasteiger charge is -2.36. The number of rotatable bonds is 4. The van der Waals surface area contributed by atoms with Crippen LogP contribution in [0, 0.1) is 10.1 Å². The van der Waals surface area contributed by atoms with Gasteiger partial charge in [-0.05, 0) is 23.6 Å². The lowest BCUT2D eigenvalue weighted by molar-refractivity contribution is -0.384. The SMILES string of the molecule is O=C(CN1CCNCC1c1cccnc1)N1CCc2ccc([N+](=O)[O-])cc21. The number of carbonyl (C=O) groups excluding carboxylic acids is 1. The van der Waals surface area contributed by atoms with Crippen LogP contribution in [-0.4, -0.2) is 53.4 Å². The van der Waals surface area contributed by atoms with E-state index in [9.17, 15) is 14.9 Å². The van der Waals surface area contributed by atoms with Crippen molar-refractivity contribution in [1.29, 1.82) is 0 Å². The molecule has 1 atom stereocenters. The maximum Gasteiger partial charge on any atom is 0.271 e. The zero-order valence-electron chi connectivity index (χ0n) is 14.9. The van der Waals surface area contributed by atoms with Crippen molar-refractivity contribution in [3.8, 4) is 0 Å². The van der Waals surface area contributed by atoms with Gasteiger partial charge in [-0.2, -0.15) is 0 Å². The molecule has 1 aromatic heterocycles. The summed E-state index contributed by atoms with van der Waals surface area (Å²) >= 11 is 0. The molecule has 2 aliphatic rings. The molecule has 0 radical (unpaired) electrons. The molecule has 1 saturated heterocycles. The Morgan fingerprint density at radius 1 is 1.33 bits per heavy atom. The number of pyridine rings is 1. The van der Waals surface area contributed by atoms with E-state index >= 15 is 0 Å². The number of nitrogens with zero attached hydrogens (tertiary/aromatic N) is 4. The lowest BCUT2D eigenvalue weighted by atomic mass is 10.1. The van der Waals surface area contributed by atoms with Crippen LogP contribution in [0.2, 0.25) is 0 Å². The fourth-order valence-corrected chi connectivity index (χ4v) is 3.84. The van der Waals surface area contributed by atoms with E-state index in [-0.39, 0.29) is 24.2 Å². The summed E-state index contributed by atoms with van der Waals surface area (Å²) in [5, 5.41) is 14.4. The molecule has 8 nitrogen and oxygen atoms in total. The minimum atomic E-state index is -0.421. The highest BCUT2D eigenvalue weighted by Crippen LogP contribution is 2.32. The van der Waals surface area contributed by atoms with Crippen LogP contribution in [0.25, 0.3) is 0 Å². The van der Waals surface area contributed by atoms with E-state index in [0.717, 1.165) is 37.2 Å². The van der Waals surface area contributed by atoms with Crippen LogP contribution in [0.3, 0.4) is 0 Å². The average Bonchev–Trinajstić information content (AvgIpc) is 3.12. The molecule has 1 fully saturated rings. The molecular weight excluding hydrogens is 346 g/mol. The van der Waals surface area contributed by atoms with Gasteiger partial charge in [-0.3, -0.25) is 24.8 Å². The Morgan fingerprint density at radius 2 is 2.22 bits per heavy atom. The lowest BCUT2D eigenvalue weighted by Crippen LogP contribution is -2.50. The van der Waals surface area contributed by atoms with E-state index in [2.05, 4.69) is 15.2 Å². The highest BCUT2D eigenvalue weighted by atomic mass is 16.6. The van der Waals surface area contributed by atoms with Crippen LogP contribution in [0.15, 0.2) is 42.7 Å². The number of non-ortho nitro benzene ring substituents is 1. The van der Waals surface area contributed by atoms with Crippen molar-refractivity contribution in [3.05, 3.63) is 64.0 Å². The Morgan fingerprint density at radius 3 is 3.00 bits per heavy atom. The third kappa shape index (κ3) is 3.54. The minimum absolute atomic E-state index is 0.0175. The van der Waals surface area contributed by atoms with Gasteiger partial charge in [0.2, 0.25) is 5.91 Å². The molecule has 1 aromatic carbocycles. The number of nitrogens with one attached hydrogen (secondary N) is 1. The summed E-state index contributed by atoms with van der Waals surface area (Å²) in [6.07, 6.45) is 4.31. The van der Waals surface area contributed by atoms with Crippen LogP contribution in [0.5, 0.6) is 0 Å². The fraction of sp³-hybridized carbons (Fsp3) is 0.368. The Balaban J connectivity index is 1.53. The van der Waals surface area contributed by atoms with Crippen LogP contribution in [-0.2, 0) is 11.2 Å². The first-order valence-electron chi connectivity index (χ1n) is 9.06. The number of aromatic nitrogens is 1. The van der Waals surface area contributed by atoms with Gasteiger partial charge in [0.1, 0.15) is 0 Å². The minimum Gasteiger partial charge on any atom is -0.314 e. The first-order valence-corrected chi connectivity index (χ1v) is 9.06. The second kappa shape index (κ2) is 7.42. The smallest absolute Gasteiger partial charge is 0.271 e. The first kappa shape index (κ1) is 17.6. The summed E-state index contributed by atoms with van der Waals surface area (Å²) in [4.78, 5) is 31.7. The number of carbonyl (C=O) groups is 1. The molecule has 27 heavy (non-hydrogen) atoms. The maximum absolute atomic E-state index is 13.0. The number of nitro benzene ring substituents is 1. The number of piperazine rings is 1. The van der Waals surface area contributed by atoms with E-state index in [4.69, 9.17) is 0 Å². The average molecular weight is 367 g/mol. The monoisotopic (exact) mass is 367 g/mol. The number of nitro groups is 1. The van der Waals surface area contributed by atoms with Crippen molar-refractivity contribution in [2.45, 2.75) is 12.5 Å². The van der Waals surface area contributed by atoms with Gasteiger partial charge >= 0.3 is 0 Å². The molecule has 1 N–H and O–H groups in total. The van der Waals surface area contributed by atoms with Crippen LogP contribution in [0.1, 0.15) is 17.2 Å². The predicted molar refractivity (Wildman–Crippen MR) is 101 cm³/mol. The number of amides is 1. The summed E-state index contributed by atoms with van der Waals surface area (Å²) in [6.45, 7) is 3.20. The molecule has 0 spiro atoms. The molecule has 1 amide bonds. The normalized spacial score (nSPS) is 19.7. The third-order valence-electron chi connectivity index (χ3n) is 5.24. The van der Waals surface area contributed by atoms with Gasteiger partial charge < -0.3 is 10.2 Å². The van der Waals surface area contributed by atoms with Gasteiger partial charge in [0.25, 0.3) is 5.69 Å². The summed E-state index contributed by atoms with van der Waals surface area (Å²) < 4.78 is 0. The number of benzene rings is 1. The van der Waals surface area contributed by atoms with E-state index in [1.165, 1.54) is 12.1 Å². The van der Waals surface area contributed by atoms with Gasteiger partial charge in [-0.25, -0.2) is 0 Å². The van der Waals surface area contributed by atoms with Gasteiger partial charge in [0.05, 0.1) is 17.2 Å². The van der Waals surface area contributed by atoms with Crippen molar-refractivity contribution in [2.75, 3.05) is 37.6 Å². The molecule has 0 saturated carbocycles. The Kier molecular flexibility index (Phi) is 4.83. The standard InChI is InChI=1S/C19H21N5O3/c25-19(23-8-5-14-3-4-16(24(26)27)10-17(14)23)13-22-9-7-21-12-18(22)15-2-1-6-20-11-15/h1-4,6,10-11,18,21H,5,7-9,12-13H2. The molecule has 0 bridgehead atoms. The zero-order chi connectivity index (χ0) is 18.8. The zero-order valence-corrected chi connectivity index (χ0v) is 14.9. The summed E-state index contributed by atoms with van der Waals surface area (Å²) in [5.74, 6) is -0.0231. The largest absolute Gasteiger partial charge is 0.314 e. The third-order valence-corrected chi connectivity index (χ3v) is 5.24. The molecule has 4 rings (SSSR count). The van der Waals surface area contributed by atoms with Crippen molar-refractivity contribution >= 4 is 17.3 Å². The number of fused-ring (bicyclic) bond motifs is 1. The van der Waals surface area contributed by atoms with Crippen molar-refractivity contribution in [1.82, 2.24) is 15.2 Å². The van der Waals surface area contributed by atoms with E-state index in [0.29, 0.717) is 12.2 Å². The predicted octanol–water partition coefficient (Wildman–Crippen LogP) is 1.53. The second-order valence-corrected chi connectivity index (χ2v) is 6.84. The van der Waals surface area contributed by atoms with E-state index in [1.54, 1.807) is 17.2 Å². The molecule has 3 heterocycles. The van der Waals surface area contributed by atoms with Crippen LogP contribution >= 0.6 is 0 Å². The van der Waals surface area contributed by atoms with Crippen molar-refractivity contribution < 1.29 is 9.72 Å². The quantitative estimate of drug-likeness (QED) is 0.651. The summed E-state index contributed by atoms with van der Waals surface area (Å²) in [5.41, 5.74) is 2.75. The van der Waals surface area contributed by atoms with Crippen molar-refractivity contribution in [2.24, 2.45) is 0 Å². The van der Waals surface area contributed by atoms with Crippen LogP contribution < -0.4 is 10.2 Å². The number of hydrogen-bond donors (Lipinski definition) is 1. The molecular formula is C19H21N5O3. The topological polar surface area (TPSA) is 91.6 Å².